The van der Waals surface area contributed by atoms with Gasteiger partial charge in [-0.25, -0.2) is 0 Å². The van der Waals surface area contributed by atoms with Gasteiger partial charge in [-0.15, -0.1) is 0 Å². The summed E-state index contributed by atoms with van der Waals surface area (Å²) in [7, 11) is -0.0295. The Hall–Kier alpha value is -2.06. The highest BCUT2D eigenvalue weighted by molar-refractivity contribution is 8.02. The predicted octanol–water partition coefficient (Wildman–Crippen LogP) is 5.32. The van der Waals surface area contributed by atoms with Crippen LogP contribution in [0.2, 0.25) is 0 Å². The summed E-state index contributed by atoms with van der Waals surface area (Å²) in [5.74, 6) is 1.22. The minimum Gasteiger partial charge on any atom is -0.284 e. The predicted molar refractivity (Wildman–Crippen MR) is 103 cm³/mol. The second-order valence-electron chi connectivity index (χ2n) is 6.66. The van der Waals surface area contributed by atoms with Crippen molar-refractivity contribution in [2.24, 2.45) is 0 Å². The van der Waals surface area contributed by atoms with Crippen LogP contribution in [0.15, 0.2) is 70.6 Å². The van der Waals surface area contributed by atoms with Gasteiger partial charge in [0.25, 0.3) is 0 Å². The van der Waals surface area contributed by atoms with Gasteiger partial charge in [-0.05, 0) is 25.0 Å². The number of hydrogen-bond acceptors (Lipinski definition) is 1. The molecule has 120 valence electrons. The second kappa shape index (κ2) is 6.10. The van der Waals surface area contributed by atoms with Gasteiger partial charge in [0.1, 0.15) is 5.75 Å². The number of hydrogen-bond donors (Lipinski definition) is 0. The maximum Gasteiger partial charge on any atom is 0.240 e. The van der Waals surface area contributed by atoms with Crippen molar-refractivity contribution >= 4 is 22.8 Å². The van der Waals surface area contributed by atoms with E-state index >= 15 is 0 Å². The van der Waals surface area contributed by atoms with Crippen LogP contribution < -0.4 is 0 Å². The van der Waals surface area contributed by atoms with Crippen LogP contribution in [0.3, 0.4) is 0 Å². The first-order valence-corrected chi connectivity index (χ1v) is 9.86. The molecular formula is C22H21OS+. The Balaban J connectivity index is 1.84. The number of ketones is 1. The van der Waals surface area contributed by atoms with Crippen LogP contribution in [-0.2, 0) is 10.9 Å². The number of carbonyl (C=O) groups excluding carboxylic acids is 1. The molecule has 2 aliphatic rings. The van der Waals surface area contributed by atoms with Gasteiger partial charge in [0, 0.05) is 34.5 Å². The normalized spacial score (nSPS) is 22.5. The molecule has 0 saturated heterocycles. The largest absolute Gasteiger partial charge is 0.284 e. The molecule has 0 fully saturated rings. The highest BCUT2D eigenvalue weighted by atomic mass is 32.2. The van der Waals surface area contributed by atoms with Crippen LogP contribution in [-0.4, -0.2) is 11.5 Å². The Morgan fingerprint density at radius 1 is 0.958 bits per heavy atom. The zero-order valence-electron chi connectivity index (χ0n) is 14.1. The topological polar surface area (TPSA) is 17.1 Å². The maximum absolute atomic E-state index is 13.2. The summed E-state index contributed by atoms with van der Waals surface area (Å²) in [5, 5.41) is 0.456. The van der Waals surface area contributed by atoms with E-state index in [1.54, 1.807) is 0 Å². The van der Waals surface area contributed by atoms with Crippen molar-refractivity contribution in [3.8, 4) is 0 Å². The van der Waals surface area contributed by atoms with Crippen molar-refractivity contribution in [3.63, 3.8) is 0 Å². The molecule has 0 N–H and O–H groups in total. The quantitative estimate of drug-likeness (QED) is 0.413. The van der Waals surface area contributed by atoms with Crippen LogP contribution in [0.25, 0.3) is 6.08 Å². The molecule has 2 aliphatic heterocycles. The third-order valence-corrected chi connectivity index (χ3v) is 7.83. The highest BCUT2D eigenvalue weighted by Crippen LogP contribution is 2.46. The molecular weight excluding hydrogens is 312 g/mol. The van der Waals surface area contributed by atoms with Crippen molar-refractivity contribution in [1.82, 2.24) is 0 Å². The molecule has 24 heavy (non-hydrogen) atoms. The lowest BCUT2D eigenvalue weighted by molar-refractivity contribution is 0.104. The van der Waals surface area contributed by atoms with Crippen LogP contribution in [0, 0.1) is 0 Å². The zero-order valence-corrected chi connectivity index (χ0v) is 14.9. The molecule has 2 heteroatoms. The van der Waals surface area contributed by atoms with Crippen LogP contribution in [0.5, 0.6) is 0 Å². The number of rotatable bonds is 2. The summed E-state index contributed by atoms with van der Waals surface area (Å²) < 4.78 is 0. The van der Waals surface area contributed by atoms with E-state index in [-0.39, 0.29) is 16.7 Å². The summed E-state index contributed by atoms with van der Waals surface area (Å²) in [4.78, 5) is 14.2. The maximum atomic E-state index is 13.2. The third-order valence-electron chi connectivity index (χ3n) is 5.11. The van der Waals surface area contributed by atoms with Gasteiger partial charge < -0.3 is 0 Å². The monoisotopic (exact) mass is 333 g/mol. The molecule has 0 aliphatic carbocycles. The molecule has 0 saturated carbocycles. The number of carbonyl (C=O) groups is 1. The molecule has 2 unspecified atom stereocenters. The Morgan fingerprint density at radius 3 is 2.46 bits per heavy atom. The molecule has 2 aromatic rings. The molecule has 2 heterocycles. The molecule has 0 bridgehead atoms. The highest BCUT2D eigenvalue weighted by Gasteiger charge is 2.46. The fourth-order valence-electron chi connectivity index (χ4n) is 3.57. The second-order valence-corrected chi connectivity index (χ2v) is 8.81. The molecule has 2 atom stereocenters. The fraction of sp³-hybridized carbons (Fsp3) is 0.227. The smallest absolute Gasteiger partial charge is 0.240 e. The van der Waals surface area contributed by atoms with Crippen LogP contribution in [0.1, 0.15) is 47.0 Å². The molecule has 0 spiro atoms. The zero-order chi connectivity index (χ0) is 16.7. The van der Waals surface area contributed by atoms with Crippen molar-refractivity contribution in [2.75, 3.05) is 5.75 Å². The van der Waals surface area contributed by atoms with Crippen LogP contribution >= 0.6 is 0 Å². The SMILES string of the molecule is CC1=C(C)C[S+]2C(C(=O)c3ccccc3)=Cc3ccccc3C2C1. The number of Topliss-reactive ketones (excluding diaryl/α,β-unsaturated/α-hetero) is 1. The fourth-order valence-corrected chi connectivity index (χ4v) is 6.56. The summed E-state index contributed by atoms with van der Waals surface area (Å²) >= 11 is 0. The molecule has 0 amide bonds. The summed E-state index contributed by atoms with van der Waals surface area (Å²) in [6, 6.07) is 18.3. The van der Waals surface area contributed by atoms with Gasteiger partial charge in [0.15, 0.2) is 5.25 Å². The van der Waals surface area contributed by atoms with Gasteiger partial charge in [0.05, 0.1) is 0 Å². The average molecular weight is 333 g/mol. The summed E-state index contributed by atoms with van der Waals surface area (Å²) in [6.07, 6.45) is 3.23. The first-order chi connectivity index (χ1) is 11.6. The standard InChI is InChI=1S/C22H21OS/c1-15-12-20-19-11-7-6-10-18(19)13-21(24(20)14-16(15)2)22(23)17-8-4-3-5-9-17/h3-11,13,20H,12,14H2,1-2H3/q+1. The van der Waals surface area contributed by atoms with E-state index in [0.717, 1.165) is 22.6 Å². The minimum absolute atomic E-state index is 0.0295. The van der Waals surface area contributed by atoms with Gasteiger partial charge >= 0.3 is 0 Å². The third kappa shape index (κ3) is 2.55. The Kier molecular flexibility index (Phi) is 3.93. The first-order valence-electron chi connectivity index (χ1n) is 8.40. The molecule has 1 nitrogen and oxygen atoms in total. The van der Waals surface area contributed by atoms with Gasteiger partial charge in [-0.2, -0.15) is 0 Å². The number of allylic oxidation sites excluding steroid dienone is 2. The lowest BCUT2D eigenvalue weighted by Gasteiger charge is -2.30. The minimum atomic E-state index is -0.0295. The molecule has 0 aromatic heterocycles. The van der Waals surface area contributed by atoms with E-state index in [4.69, 9.17) is 0 Å². The average Bonchev–Trinajstić information content (AvgIpc) is 2.62. The molecule has 2 aromatic carbocycles. The van der Waals surface area contributed by atoms with Crippen LogP contribution in [0.4, 0.5) is 0 Å². The molecule has 0 radical (unpaired) electrons. The summed E-state index contributed by atoms with van der Waals surface area (Å²) in [5.41, 5.74) is 6.39. The lowest BCUT2D eigenvalue weighted by Crippen LogP contribution is -2.31. The van der Waals surface area contributed by atoms with E-state index in [1.165, 1.54) is 22.3 Å². The molecule has 4 rings (SSSR count). The van der Waals surface area contributed by atoms with E-state index in [2.05, 4.69) is 44.2 Å². The lowest BCUT2D eigenvalue weighted by atomic mass is 9.96. The van der Waals surface area contributed by atoms with E-state index in [1.807, 2.05) is 30.3 Å². The van der Waals surface area contributed by atoms with Gasteiger partial charge in [-0.1, -0.05) is 60.2 Å². The van der Waals surface area contributed by atoms with Gasteiger partial charge in [-0.3, -0.25) is 4.79 Å². The Bertz CT molecular complexity index is 861. The number of fused-ring (bicyclic) bond motifs is 3. The van der Waals surface area contributed by atoms with Crippen molar-refractivity contribution in [2.45, 2.75) is 25.5 Å². The first kappa shape index (κ1) is 15.5. The van der Waals surface area contributed by atoms with E-state index < -0.39 is 0 Å². The van der Waals surface area contributed by atoms with Crippen molar-refractivity contribution in [1.29, 1.82) is 0 Å². The van der Waals surface area contributed by atoms with E-state index in [0.29, 0.717) is 5.25 Å². The number of benzene rings is 2. The summed E-state index contributed by atoms with van der Waals surface area (Å²) in [6.45, 7) is 4.47. The van der Waals surface area contributed by atoms with Crippen molar-refractivity contribution < 1.29 is 4.79 Å². The van der Waals surface area contributed by atoms with Gasteiger partial charge in [0.2, 0.25) is 10.7 Å². The van der Waals surface area contributed by atoms with Crippen molar-refractivity contribution in [3.05, 3.63) is 87.3 Å². The Morgan fingerprint density at radius 2 is 1.67 bits per heavy atom. The van der Waals surface area contributed by atoms with E-state index in [9.17, 15) is 4.79 Å². The Labute approximate surface area is 146 Å².